The molecule has 7 rings (SSSR count). The molecule has 1 aliphatic rings. The van der Waals surface area contributed by atoms with Crippen molar-refractivity contribution in [2.75, 3.05) is 21.3 Å². The van der Waals surface area contributed by atoms with Crippen LogP contribution in [-0.4, -0.2) is 63.2 Å². The van der Waals surface area contributed by atoms with Crippen LogP contribution < -0.4 is 9.47 Å². The Balaban J connectivity index is 1.24. The van der Waals surface area contributed by atoms with Crippen molar-refractivity contribution in [3.05, 3.63) is 88.6 Å². The van der Waals surface area contributed by atoms with Gasteiger partial charge in [-0.2, -0.15) is 5.10 Å². The van der Waals surface area contributed by atoms with Gasteiger partial charge < -0.3 is 24.1 Å². The van der Waals surface area contributed by atoms with Crippen LogP contribution in [-0.2, 0) is 17.9 Å². The molecule has 1 saturated carbocycles. The number of benzene rings is 4. The molecule has 0 bridgehead atoms. The molecule has 6 aromatic rings. The average molecular weight is 667 g/mol. The number of carbonyl (C=O) groups is 1. The number of aromatic nitrogens is 3. The molecule has 246 valence electrons. The van der Waals surface area contributed by atoms with E-state index in [9.17, 15) is 15.0 Å². The van der Waals surface area contributed by atoms with Gasteiger partial charge in [0.15, 0.2) is 5.58 Å². The first-order valence-electron chi connectivity index (χ1n) is 15.7. The molecular formula is C37H35ClN4O6. The highest BCUT2D eigenvalue weighted by Crippen LogP contribution is 2.40. The zero-order valence-electron chi connectivity index (χ0n) is 27.0. The molecule has 0 aliphatic heterocycles. The van der Waals surface area contributed by atoms with Crippen molar-refractivity contribution in [3.8, 4) is 39.8 Å². The van der Waals surface area contributed by atoms with Crippen molar-refractivity contribution in [2.24, 2.45) is 5.92 Å². The van der Waals surface area contributed by atoms with E-state index in [2.05, 4.69) is 17.0 Å². The predicted molar refractivity (Wildman–Crippen MR) is 184 cm³/mol. The van der Waals surface area contributed by atoms with Gasteiger partial charge in [0.25, 0.3) is 0 Å². The van der Waals surface area contributed by atoms with Crippen molar-refractivity contribution in [2.45, 2.75) is 39.0 Å². The Hall–Kier alpha value is -4.90. The molecule has 10 nitrogen and oxygen atoms in total. The van der Waals surface area contributed by atoms with Gasteiger partial charge >= 0.3 is 5.97 Å². The average Bonchev–Trinajstić information content (AvgIpc) is 3.69. The zero-order chi connectivity index (χ0) is 33.7. The Labute approximate surface area is 282 Å². The number of nitrogens with zero attached hydrogens (tertiary/aromatic N) is 4. The van der Waals surface area contributed by atoms with E-state index in [1.54, 1.807) is 26.4 Å². The monoisotopic (exact) mass is 666 g/mol. The van der Waals surface area contributed by atoms with E-state index in [0.717, 1.165) is 44.4 Å². The minimum Gasteiger partial charge on any atom is -0.496 e. The maximum absolute atomic E-state index is 11.3. The highest BCUT2D eigenvalue weighted by molar-refractivity contribution is 6.34. The second-order valence-corrected chi connectivity index (χ2v) is 12.7. The second-order valence-electron chi connectivity index (χ2n) is 12.3. The van der Waals surface area contributed by atoms with E-state index in [1.807, 2.05) is 61.2 Å². The number of hydrogen-bond acceptors (Lipinski definition) is 8. The number of rotatable bonds is 10. The lowest BCUT2D eigenvalue weighted by molar-refractivity contribution is -0.146. The number of methoxy groups -OCH3 is 2. The van der Waals surface area contributed by atoms with Crippen molar-refractivity contribution in [3.63, 3.8) is 0 Å². The van der Waals surface area contributed by atoms with E-state index in [0.29, 0.717) is 58.5 Å². The van der Waals surface area contributed by atoms with E-state index in [1.165, 1.54) is 0 Å². The molecule has 0 radical (unpaired) electrons. The van der Waals surface area contributed by atoms with Crippen molar-refractivity contribution in [1.29, 1.82) is 0 Å². The molecule has 2 heterocycles. The minimum absolute atomic E-state index is 0.137. The Morgan fingerprint density at radius 2 is 1.73 bits per heavy atom. The summed E-state index contributed by atoms with van der Waals surface area (Å²) < 4.78 is 19.7. The van der Waals surface area contributed by atoms with Crippen LogP contribution >= 0.6 is 11.6 Å². The quantitative estimate of drug-likeness (QED) is 0.155. The van der Waals surface area contributed by atoms with Crippen molar-refractivity contribution in [1.82, 2.24) is 19.7 Å². The molecule has 11 heteroatoms. The van der Waals surface area contributed by atoms with Gasteiger partial charge in [-0.25, -0.2) is 9.67 Å². The summed E-state index contributed by atoms with van der Waals surface area (Å²) in [5.74, 6) is 0.766. The fraction of sp³-hybridized carbons (Fsp3) is 0.270. The van der Waals surface area contributed by atoms with Gasteiger partial charge in [0.1, 0.15) is 17.0 Å². The number of aliphatic hydroxyl groups excluding tert-OH is 1. The van der Waals surface area contributed by atoms with Gasteiger partial charge in [-0.3, -0.25) is 9.69 Å². The topological polar surface area (TPSA) is 123 Å². The number of aliphatic hydroxyl groups is 1. The van der Waals surface area contributed by atoms with Crippen LogP contribution in [0.25, 0.3) is 50.3 Å². The highest BCUT2D eigenvalue weighted by Gasteiger charge is 2.37. The smallest absolute Gasteiger partial charge is 0.306 e. The van der Waals surface area contributed by atoms with E-state index >= 15 is 0 Å². The van der Waals surface area contributed by atoms with Crippen molar-refractivity contribution < 1.29 is 28.9 Å². The Morgan fingerprint density at radius 1 is 1.04 bits per heavy atom. The minimum atomic E-state index is -0.733. The zero-order valence-corrected chi connectivity index (χ0v) is 27.8. The third-order valence-electron chi connectivity index (χ3n) is 9.49. The summed E-state index contributed by atoms with van der Waals surface area (Å²) in [6.07, 6.45) is 3.13. The first-order chi connectivity index (χ1) is 23.2. The van der Waals surface area contributed by atoms with Gasteiger partial charge in [0, 0.05) is 35.7 Å². The first kappa shape index (κ1) is 31.7. The van der Waals surface area contributed by atoms with Gasteiger partial charge in [-0.05, 0) is 73.3 Å². The van der Waals surface area contributed by atoms with E-state index in [4.69, 9.17) is 35.6 Å². The second kappa shape index (κ2) is 12.6. The molecular weight excluding hydrogens is 632 g/mol. The lowest BCUT2D eigenvalue weighted by atomic mass is 9.79. The molecule has 4 aromatic carbocycles. The number of halogens is 1. The summed E-state index contributed by atoms with van der Waals surface area (Å²) >= 11 is 6.44. The molecule has 0 unspecified atom stereocenters. The maximum atomic E-state index is 11.3. The van der Waals surface area contributed by atoms with Gasteiger partial charge in [0.05, 0.1) is 54.7 Å². The molecule has 0 saturated heterocycles. The van der Waals surface area contributed by atoms with E-state index < -0.39 is 5.97 Å². The van der Waals surface area contributed by atoms with Crippen LogP contribution in [0.15, 0.2) is 71.3 Å². The van der Waals surface area contributed by atoms with Crippen LogP contribution in [0.2, 0.25) is 5.02 Å². The number of ether oxygens (including phenoxy) is 2. The molecule has 0 atom stereocenters. The van der Waals surface area contributed by atoms with Gasteiger partial charge in [-0.15, -0.1) is 0 Å². The maximum Gasteiger partial charge on any atom is 0.306 e. The molecule has 0 spiro atoms. The normalized spacial score (nSPS) is 16.1. The standard InChI is InChI=1S/C37H35ClN4O6/c1-20-25(7-5-8-26(20)36-40-31-12-21(19-43)11-30(38)35(31)48-36)27-9-6-10-32-28(27)17-39-42(32)24-15-33(46-3)29(34(16-24)47-4)18-41(2)23-13-22(14-23)37(44)45/h5-12,15-17,22-23,43H,13-14,18-19H2,1-4H3,(H,44,45). The largest absolute Gasteiger partial charge is 0.496 e. The van der Waals surface area contributed by atoms with Gasteiger partial charge in [0.2, 0.25) is 5.89 Å². The summed E-state index contributed by atoms with van der Waals surface area (Å²) in [5.41, 5.74) is 8.17. The van der Waals surface area contributed by atoms with Crippen LogP contribution in [0.5, 0.6) is 11.5 Å². The number of hydrogen-bond donors (Lipinski definition) is 2. The molecule has 2 N–H and O–H groups in total. The van der Waals surface area contributed by atoms with Crippen LogP contribution in [0, 0.1) is 12.8 Å². The molecule has 2 aromatic heterocycles. The summed E-state index contributed by atoms with van der Waals surface area (Å²) in [5, 5.41) is 25.1. The summed E-state index contributed by atoms with van der Waals surface area (Å²) in [6.45, 7) is 2.46. The fourth-order valence-corrected chi connectivity index (χ4v) is 6.96. The van der Waals surface area contributed by atoms with Gasteiger partial charge in [-0.1, -0.05) is 35.9 Å². The SMILES string of the molecule is COc1cc(-n2ncc3c(-c4cccc(-c5nc6cc(CO)cc(Cl)c6o5)c4C)cccc32)cc(OC)c1CN(C)C1CC(C(=O)O)C1. The van der Waals surface area contributed by atoms with Crippen molar-refractivity contribution >= 4 is 39.6 Å². The van der Waals surface area contributed by atoms with Crippen LogP contribution in [0.4, 0.5) is 0 Å². The predicted octanol–water partition coefficient (Wildman–Crippen LogP) is 7.27. The first-order valence-corrected chi connectivity index (χ1v) is 16.0. The Kier molecular flexibility index (Phi) is 8.32. The molecule has 1 aliphatic carbocycles. The number of fused-ring (bicyclic) bond motifs is 2. The number of carboxylic acids is 1. The lowest BCUT2D eigenvalue weighted by Gasteiger charge is -2.39. The number of aliphatic carboxylic acids is 1. The fourth-order valence-electron chi connectivity index (χ4n) is 6.68. The number of carboxylic acid groups (broad SMARTS) is 1. The van der Waals surface area contributed by atoms with E-state index in [-0.39, 0.29) is 18.6 Å². The molecule has 0 amide bonds. The summed E-state index contributed by atoms with van der Waals surface area (Å²) in [6, 6.07) is 19.7. The summed E-state index contributed by atoms with van der Waals surface area (Å²) in [7, 11) is 5.27. The molecule has 1 fully saturated rings. The highest BCUT2D eigenvalue weighted by atomic mass is 35.5. The third-order valence-corrected chi connectivity index (χ3v) is 9.77. The Bertz CT molecular complexity index is 2160. The van der Waals surface area contributed by atoms with Crippen LogP contribution in [0.3, 0.4) is 0 Å². The Morgan fingerprint density at radius 3 is 2.42 bits per heavy atom. The molecule has 48 heavy (non-hydrogen) atoms. The lowest BCUT2D eigenvalue weighted by Crippen LogP contribution is -2.44. The number of oxazole rings is 1. The summed E-state index contributed by atoms with van der Waals surface area (Å²) in [4.78, 5) is 18.2. The van der Waals surface area contributed by atoms with Crippen LogP contribution in [0.1, 0.15) is 29.5 Å². The third kappa shape index (κ3) is 5.45.